The molecule has 0 spiro atoms. The highest BCUT2D eigenvalue weighted by Crippen LogP contribution is 2.29. The molecule has 1 atom stereocenters. The fourth-order valence-corrected chi connectivity index (χ4v) is 2.79. The summed E-state index contributed by atoms with van der Waals surface area (Å²) in [5.74, 6) is 0.527. The monoisotopic (exact) mass is 297 g/mol. The molecule has 4 heteroatoms. The third-order valence-corrected chi connectivity index (χ3v) is 3.99. The number of hydrogen-bond donors (Lipinski definition) is 1. The van der Waals surface area contributed by atoms with Gasteiger partial charge in [-0.1, -0.05) is 42.5 Å². The first kappa shape index (κ1) is 14.4. The summed E-state index contributed by atoms with van der Waals surface area (Å²) in [6.07, 6.45) is 0.621. The second-order valence-corrected chi connectivity index (χ2v) is 5.57. The van der Waals surface area contributed by atoms with E-state index in [9.17, 15) is 9.90 Å². The Bertz CT molecular complexity index is 642. The summed E-state index contributed by atoms with van der Waals surface area (Å²) in [5.41, 5.74) is 2.05. The van der Waals surface area contributed by atoms with Gasteiger partial charge in [-0.15, -0.1) is 0 Å². The molecule has 114 valence electrons. The van der Waals surface area contributed by atoms with Crippen LogP contribution in [-0.2, 0) is 11.3 Å². The van der Waals surface area contributed by atoms with E-state index < -0.39 is 0 Å². The van der Waals surface area contributed by atoms with Crippen molar-refractivity contribution in [2.24, 2.45) is 0 Å². The van der Waals surface area contributed by atoms with Gasteiger partial charge in [-0.05, 0) is 29.7 Å². The zero-order valence-corrected chi connectivity index (χ0v) is 12.3. The Morgan fingerprint density at radius 1 is 1.18 bits per heavy atom. The molecule has 2 aromatic rings. The lowest BCUT2D eigenvalue weighted by Crippen LogP contribution is -2.29. The van der Waals surface area contributed by atoms with Crippen molar-refractivity contribution in [3.05, 3.63) is 65.7 Å². The molecule has 0 saturated carbocycles. The van der Waals surface area contributed by atoms with Crippen LogP contribution in [0.15, 0.2) is 54.6 Å². The van der Waals surface area contributed by atoms with Crippen molar-refractivity contribution >= 4 is 6.09 Å². The maximum Gasteiger partial charge on any atom is 0.410 e. The molecule has 2 aromatic carbocycles. The zero-order chi connectivity index (χ0) is 15.4. The van der Waals surface area contributed by atoms with Gasteiger partial charge in [0.2, 0.25) is 0 Å². The van der Waals surface area contributed by atoms with Crippen molar-refractivity contribution < 1.29 is 14.6 Å². The topological polar surface area (TPSA) is 49.8 Å². The molecule has 1 saturated heterocycles. The molecule has 4 nitrogen and oxygen atoms in total. The van der Waals surface area contributed by atoms with Crippen LogP contribution in [0, 0.1) is 0 Å². The molecular formula is C18H19NO3. The minimum absolute atomic E-state index is 0.261. The van der Waals surface area contributed by atoms with Gasteiger partial charge in [0, 0.05) is 19.0 Å². The second kappa shape index (κ2) is 6.52. The Kier molecular flexibility index (Phi) is 4.28. The standard InChI is InChI=1S/C18H19NO3/c20-17-8-4-7-15(11-17)16-9-10-19(12-16)18(21)22-13-14-5-2-1-3-6-14/h1-8,11,16,20H,9-10,12-13H2. The molecule has 1 aliphatic heterocycles. The number of ether oxygens (including phenoxy) is 1. The quantitative estimate of drug-likeness (QED) is 0.943. The number of phenols is 1. The van der Waals surface area contributed by atoms with E-state index in [1.807, 2.05) is 42.5 Å². The summed E-state index contributed by atoms with van der Waals surface area (Å²) in [5, 5.41) is 9.55. The fraction of sp³-hybridized carbons (Fsp3) is 0.278. The number of benzene rings is 2. The Labute approximate surface area is 130 Å². The van der Waals surface area contributed by atoms with Crippen LogP contribution in [0.4, 0.5) is 4.79 Å². The van der Waals surface area contributed by atoms with Crippen molar-refractivity contribution in [3.63, 3.8) is 0 Å². The van der Waals surface area contributed by atoms with Gasteiger partial charge >= 0.3 is 6.09 Å². The number of amides is 1. The van der Waals surface area contributed by atoms with Crippen LogP contribution in [0.25, 0.3) is 0 Å². The first-order chi connectivity index (χ1) is 10.7. The molecule has 1 amide bonds. The number of likely N-dealkylation sites (tertiary alicyclic amines) is 1. The van der Waals surface area contributed by atoms with E-state index in [2.05, 4.69) is 0 Å². The largest absolute Gasteiger partial charge is 0.508 e. The van der Waals surface area contributed by atoms with Crippen LogP contribution in [-0.4, -0.2) is 29.2 Å². The van der Waals surface area contributed by atoms with E-state index in [4.69, 9.17) is 4.74 Å². The molecule has 1 heterocycles. The highest BCUT2D eigenvalue weighted by atomic mass is 16.6. The Morgan fingerprint density at radius 2 is 2.00 bits per heavy atom. The van der Waals surface area contributed by atoms with Crippen LogP contribution in [0.1, 0.15) is 23.5 Å². The van der Waals surface area contributed by atoms with Crippen LogP contribution < -0.4 is 0 Å². The molecule has 0 aliphatic carbocycles. The Morgan fingerprint density at radius 3 is 2.77 bits per heavy atom. The average molecular weight is 297 g/mol. The molecule has 0 bridgehead atoms. The molecular weight excluding hydrogens is 278 g/mol. The smallest absolute Gasteiger partial charge is 0.410 e. The Hall–Kier alpha value is -2.49. The summed E-state index contributed by atoms with van der Waals surface area (Å²) in [4.78, 5) is 13.9. The number of rotatable bonds is 3. The highest BCUT2D eigenvalue weighted by molar-refractivity contribution is 5.68. The van der Waals surface area contributed by atoms with Gasteiger partial charge in [0.25, 0.3) is 0 Å². The van der Waals surface area contributed by atoms with Gasteiger partial charge in [-0.2, -0.15) is 0 Å². The molecule has 3 rings (SSSR count). The van der Waals surface area contributed by atoms with Crippen LogP contribution in [0.3, 0.4) is 0 Å². The lowest BCUT2D eigenvalue weighted by molar-refractivity contribution is 0.104. The average Bonchev–Trinajstić information content (AvgIpc) is 3.04. The number of carbonyl (C=O) groups excluding carboxylic acids is 1. The zero-order valence-electron chi connectivity index (χ0n) is 12.3. The van der Waals surface area contributed by atoms with Gasteiger partial charge in [-0.3, -0.25) is 0 Å². The third kappa shape index (κ3) is 3.39. The van der Waals surface area contributed by atoms with Crippen molar-refractivity contribution in [3.8, 4) is 5.75 Å². The van der Waals surface area contributed by atoms with Crippen LogP contribution in [0.2, 0.25) is 0 Å². The minimum atomic E-state index is -0.272. The number of carbonyl (C=O) groups is 1. The van der Waals surface area contributed by atoms with Gasteiger partial charge < -0.3 is 14.7 Å². The number of phenolic OH excluding ortho intramolecular Hbond substituents is 1. The molecule has 1 aliphatic rings. The summed E-state index contributed by atoms with van der Waals surface area (Å²) in [6, 6.07) is 16.9. The van der Waals surface area contributed by atoms with Gasteiger partial charge in [0.15, 0.2) is 0 Å². The molecule has 0 radical (unpaired) electrons. The third-order valence-electron chi connectivity index (χ3n) is 3.99. The predicted molar refractivity (Wildman–Crippen MR) is 83.7 cm³/mol. The first-order valence-corrected chi connectivity index (χ1v) is 7.47. The lowest BCUT2D eigenvalue weighted by Gasteiger charge is -2.16. The predicted octanol–water partition coefficient (Wildman–Crippen LogP) is 3.52. The van der Waals surface area contributed by atoms with E-state index in [-0.39, 0.29) is 17.8 Å². The lowest BCUT2D eigenvalue weighted by atomic mass is 9.98. The van der Waals surface area contributed by atoms with Crippen molar-refractivity contribution in [2.45, 2.75) is 18.9 Å². The highest BCUT2D eigenvalue weighted by Gasteiger charge is 2.28. The summed E-state index contributed by atoms with van der Waals surface area (Å²) in [7, 11) is 0. The summed E-state index contributed by atoms with van der Waals surface area (Å²) >= 11 is 0. The summed E-state index contributed by atoms with van der Waals surface area (Å²) < 4.78 is 5.36. The molecule has 1 N–H and O–H groups in total. The molecule has 1 fully saturated rings. The van der Waals surface area contributed by atoms with Gasteiger partial charge in [0.05, 0.1) is 0 Å². The Balaban J connectivity index is 1.55. The van der Waals surface area contributed by atoms with Crippen LogP contribution >= 0.6 is 0 Å². The fourth-order valence-electron chi connectivity index (χ4n) is 2.79. The van der Waals surface area contributed by atoms with Crippen molar-refractivity contribution in [1.82, 2.24) is 4.90 Å². The summed E-state index contributed by atoms with van der Waals surface area (Å²) in [6.45, 7) is 1.62. The van der Waals surface area contributed by atoms with Crippen molar-refractivity contribution in [2.75, 3.05) is 13.1 Å². The first-order valence-electron chi connectivity index (χ1n) is 7.47. The number of aromatic hydroxyl groups is 1. The van der Waals surface area contributed by atoms with Crippen LogP contribution in [0.5, 0.6) is 5.75 Å². The SMILES string of the molecule is O=C(OCc1ccccc1)N1CCC(c2cccc(O)c2)C1. The molecule has 1 unspecified atom stereocenters. The molecule has 0 aromatic heterocycles. The van der Waals surface area contributed by atoms with E-state index in [0.717, 1.165) is 17.5 Å². The maximum absolute atomic E-state index is 12.1. The molecule has 22 heavy (non-hydrogen) atoms. The van der Waals surface area contributed by atoms with Crippen molar-refractivity contribution in [1.29, 1.82) is 0 Å². The number of nitrogens with zero attached hydrogens (tertiary/aromatic N) is 1. The maximum atomic E-state index is 12.1. The van der Waals surface area contributed by atoms with E-state index in [1.54, 1.807) is 17.0 Å². The minimum Gasteiger partial charge on any atom is -0.508 e. The van der Waals surface area contributed by atoms with E-state index in [1.165, 1.54) is 0 Å². The van der Waals surface area contributed by atoms with E-state index in [0.29, 0.717) is 19.7 Å². The number of hydrogen-bond acceptors (Lipinski definition) is 3. The van der Waals surface area contributed by atoms with Gasteiger partial charge in [0.1, 0.15) is 12.4 Å². The second-order valence-electron chi connectivity index (χ2n) is 5.57. The normalized spacial score (nSPS) is 17.5. The van der Waals surface area contributed by atoms with E-state index >= 15 is 0 Å². The van der Waals surface area contributed by atoms with Gasteiger partial charge in [-0.25, -0.2) is 4.79 Å².